The topological polar surface area (TPSA) is 90.9 Å². The number of carbonyl (C=O) groups is 1. The highest BCUT2D eigenvalue weighted by Gasteiger charge is 2.14. The van der Waals surface area contributed by atoms with Crippen molar-refractivity contribution >= 4 is 40.7 Å². The number of aromatic amines is 1. The molecule has 88 valence electrons. The van der Waals surface area contributed by atoms with Crippen molar-refractivity contribution in [3.63, 3.8) is 0 Å². The van der Waals surface area contributed by atoms with Crippen LogP contribution in [0.3, 0.4) is 0 Å². The number of hydrogen-bond donors (Lipinski definition) is 3. The van der Waals surface area contributed by atoms with Crippen molar-refractivity contribution in [3.05, 3.63) is 33.9 Å². The molecule has 0 amide bonds. The number of aromatic nitrogens is 3. The molecule has 0 fully saturated rings. The van der Waals surface area contributed by atoms with Crippen LogP contribution >= 0.6 is 23.2 Å². The maximum absolute atomic E-state index is 10.8. The second kappa shape index (κ2) is 4.60. The molecule has 3 N–H and O–H groups in total. The van der Waals surface area contributed by atoms with Crippen LogP contribution in [0.15, 0.2) is 18.2 Å². The molecule has 0 radical (unpaired) electrons. The van der Waals surface area contributed by atoms with E-state index in [9.17, 15) is 4.79 Å². The molecule has 1 aromatic carbocycles. The van der Waals surface area contributed by atoms with Crippen molar-refractivity contribution < 1.29 is 9.90 Å². The van der Waals surface area contributed by atoms with Gasteiger partial charge in [0.25, 0.3) is 0 Å². The van der Waals surface area contributed by atoms with Gasteiger partial charge in [-0.3, -0.25) is 0 Å². The number of H-pyrrole nitrogens is 1. The van der Waals surface area contributed by atoms with Crippen LogP contribution in [0.5, 0.6) is 0 Å². The molecule has 0 saturated heterocycles. The summed E-state index contributed by atoms with van der Waals surface area (Å²) in [5.41, 5.74) is 0.389. The van der Waals surface area contributed by atoms with E-state index in [4.69, 9.17) is 28.3 Å². The Balaban J connectivity index is 2.31. The first-order chi connectivity index (χ1) is 8.06. The van der Waals surface area contributed by atoms with E-state index in [1.165, 1.54) is 0 Å². The Kier molecular flexibility index (Phi) is 3.16. The lowest BCUT2D eigenvalue weighted by molar-refractivity contribution is 0.0691. The Morgan fingerprint density at radius 2 is 1.94 bits per heavy atom. The average molecular weight is 273 g/mol. The lowest BCUT2D eigenvalue weighted by Crippen LogP contribution is -2.02. The van der Waals surface area contributed by atoms with Gasteiger partial charge in [0.2, 0.25) is 0 Å². The zero-order chi connectivity index (χ0) is 12.4. The van der Waals surface area contributed by atoms with E-state index < -0.39 is 5.97 Å². The predicted molar refractivity (Wildman–Crippen MR) is 63.1 cm³/mol. The zero-order valence-electron chi connectivity index (χ0n) is 8.24. The fraction of sp³-hybridized carbons (Fsp3) is 0. The van der Waals surface area contributed by atoms with Crippen LogP contribution < -0.4 is 5.32 Å². The minimum Gasteiger partial charge on any atom is -0.476 e. The summed E-state index contributed by atoms with van der Waals surface area (Å²) in [6.45, 7) is 0. The quantitative estimate of drug-likeness (QED) is 0.799. The molecule has 0 unspecified atom stereocenters. The summed E-state index contributed by atoms with van der Waals surface area (Å²) in [7, 11) is 0. The minimum atomic E-state index is -1.16. The summed E-state index contributed by atoms with van der Waals surface area (Å²) in [6.07, 6.45) is 0. The highest BCUT2D eigenvalue weighted by Crippen LogP contribution is 2.25. The molecule has 6 nitrogen and oxygen atoms in total. The van der Waals surface area contributed by atoms with Crippen LogP contribution in [0.4, 0.5) is 11.5 Å². The number of benzene rings is 1. The Labute approximate surface area is 106 Å². The third-order valence-electron chi connectivity index (χ3n) is 1.89. The number of rotatable bonds is 3. The first kappa shape index (κ1) is 11.7. The van der Waals surface area contributed by atoms with Gasteiger partial charge in [0, 0.05) is 15.7 Å². The lowest BCUT2D eigenvalue weighted by Gasteiger charge is -2.04. The molecule has 8 heteroatoms. The van der Waals surface area contributed by atoms with Crippen LogP contribution in [-0.2, 0) is 0 Å². The van der Waals surface area contributed by atoms with Gasteiger partial charge in [0.15, 0.2) is 11.5 Å². The van der Waals surface area contributed by atoms with Crippen LogP contribution in [0, 0.1) is 0 Å². The molecule has 0 atom stereocenters. The van der Waals surface area contributed by atoms with E-state index >= 15 is 0 Å². The van der Waals surface area contributed by atoms with Gasteiger partial charge >= 0.3 is 5.97 Å². The van der Waals surface area contributed by atoms with Crippen molar-refractivity contribution in [1.29, 1.82) is 0 Å². The van der Waals surface area contributed by atoms with Gasteiger partial charge in [0.1, 0.15) is 0 Å². The summed E-state index contributed by atoms with van der Waals surface area (Å²) >= 11 is 11.6. The first-order valence-electron chi connectivity index (χ1n) is 4.43. The largest absolute Gasteiger partial charge is 0.476 e. The Bertz CT molecular complexity index is 550. The normalized spacial score (nSPS) is 10.2. The van der Waals surface area contributed by atoms with Gasteiger partial charge in [-0.2, -0.15) is 0 Å². The van der Waals surface area contributed by atoms with Crippen molar-refractivity contribution in [2.24, 2.45) is 0 Å². The smallest absolute Gasteiger partial charge is 0.357 e. The van der Waals surface area contributed by atoms with Crippen LogP contribution in [-0.4, -0.2) is 26.5 Å². The number of carboxylic acid groups (broad SMARTS) is 1. The number of aromatic carboxylic acids is 1. The molecule has 0 aliphatic carbocycles. The molecule has 0 aliphatic heterocycles. The molecular formula is C9H6Cl2N4O2. The van der Waals surface area contributed by atoms with Crippen molar-refractivity contribution in [1.82, 2.24) is 15.4 Å². The maximum Gasteiger partial charge on any atom is 0.357 e. The van der Waals surface area contributed by atoms with Gasteiger partial charge in [-0.15, -0.1) is 5.10 Å². The average Bonchev–Trinajstić information content (AvgIpc) is 2.63. The predicted octanol–water partition coefficient (Wildman–Crippen LogP) is 2.55. The van der Waals surface area contributed by atoms with Crippen molar-refractivity contribution in [2.45, 2.75) is 0 Å². The monoisotopic (exact) mass is 272 g/mol. The zero-order valence-corrected chi connectivity index (χ0v) is 9.75. The number of hydrogen-bond acceptors (Lipinski definition) is 4. The number of carboxylic acids is 1. The fourth-order valence-corrected chi connectivity index (χ4v) is 1.75. The third-order valence-corrected chi connectivity index (χ3v) is 2.32. The molecule has 0 saturated carbocycles. The van der Waals surface area contributed by atoms with Crippen LogP contribution in [0.2, 0.25) is 10.0 Å². The molecule has 1 aromatic heterocycles. The van der Waals surface area contributed by atoms with Crippen molar-refractivity contribution in [3.8, 4) is 0 Å². The number of nitrogens with one attached hydrogen (secondary N) is 2. The van der Waals surface area contributed by atoms with E-state index in [-0.39, 0.29) is 11.5 Å². The molecular weight excluding hydrogens is 267 g/mol. The highest BCUT2D eigenvalue weighted by molar-refractivity contribution is 6.35. The fourth-order valence-electron chi connectivity index (χ4n) is 1.23. The minimum absolute atomic E-state index is 0.0934. The third kappa shape index (κ3) is 2.66. The summed E-state index contributed by atoms with van der Waals surface area (Å²) in [4.78, 5) is 10.8. The molecule has 2 aromatic rings. The second-order valence-electron chi connectivity index (χ2n) is 3.12. The van der Waals surface area contributed by atoms with Crippen LogP contribution in [0.25, 0.3) is 0 Å². The van der Waals surface area contributed by atoms with Gasteiger partial charge in [-0.05, 0) is 18.2 Å². The summed E-state index contributed by atoms with van der Waals surface area (Å²) in [5, 5.41) is 21.7. The molecule has 1 heterocycles. The summed E-state index contributed by atoms with van der Waals surface area (Å²) in [6, 6.07) is 4.75. The van der Waals surface area contributed by atoms with E-state index in [2.05, 4.69) is 20.7 Å². The van der Waals surface area contributed by atoms with Gasteiger partial charge in [-0.25, -0.2) is 9.89 Å². The number of anilines is 2. The van der Waals surface area contributed by atoms with E-state index in [0.29, 0.717) is 15.7 Å². The highest BCUT2D eigenvalue weighted by atomic mass is 35.5. The van der Waals surface area contributed by atoms with E-state index in [0.717, 1.165) is 0 Å². The molecule has 2 rings (SSSR count). The Hall–Kier alpha value is -1.79. The molecule has 0 spiro atoms. The van der Waals surface area contributed by atoms with Gasteiger partial charge < -0.3 is 10.4 Å². The standard InChI is InChI=1S/C9H6Cl2N4O2/c10-4-1-5(11)3-6(2-4)12-8-7(9(16)17)13-15-14-8/h1-3H,(H,16,17)(H2,12,13,14,15). The van der Waals surface area contributed by atoms with E-state index in [1.807, 2.05) is 0 Å². The summed E-state index contributed by atoms with van der Waals surface area (Å²) < 4.78 is 0. The Morgan fingerprint density at radius 3 is 2.53 bits per heavy atom. The lowest BCUT2D eigenvalue weighted by atomic mass is 10.3. The summed E-state index contributed by atoms with van der Waals surface area (Å²) in [5.74, 6) is -1.07. The molecule has 0 bridgehead atoms. The first-order valence-corrected chi connectivity index (χ1v) is 5.19. The number of halogens is 2. The van der Waals surface area contributed by atoms with Crippen molar-refractivity contribution in [2.75, 3.05) is 5.32 Å². The molecule has 0 aliphatic rings. The second-order valence-corrected chi connectivity index (χ2v) is 4.00. The number of nitrogens with zero attached hydrogens (tertiary/aromatic N) is 2. The van der Waals surface area contributed by atoms with E-state index in [1.54, 1.807) is 18.2 Å². The SMILES string of the molecule is O=C(O)c1[nH]nnc1Nc1cc(Cl)cc(Cl)c1. The van der Waals surface area contributed by atoms with Crippen LogP contribution in [0.1, 0.15) is 10.5 Å². The Morgan fingerprint density at radius 1 is 1.29 bits per heavy atom. The van der Waals surface area contributed by atoms with Gasteiger partial charge in [0.05, 0.1) is 0 Å². The van der Waals surface area contributed by atoms with Gasteiger partial charge in [-0.1, -0.05) is 28.4 Å². The molecule has 17 heavy (non-hydrogen) atoms. The maximum atomic E-state index is 10.8.